The minimum absolute atomic E-state index is 0.0584. The fraction of sp³-hybridized carbons (Fsp3) is 1.00. The minimum atomic E-state index is 0.0584. The molecule has 0 heterocycles. The Hall–Kier alpha value is -0.0400. The fourth-order valence-electron chi connectivity index (χ4n) is 2.47. The van der Waals surface area contributed by atoms with Crippen LogP contribution in [0.5, 0.6) is 0 Å². The Balaban J connectivity index is 0.000000281. The summed E-state index contributed by atoms with van der Waals surface area (Å²) in [4.78, 5) is 0. The first-order valence-corrected chi connectivity index (χ1v) is 4.99. The molecule has 1 heteroatoms. The van der Waals surface area contributed by atoms with Gasteiger partial charge in [0.25, 0.3) is 0 Å². The molecule has 0 atom stereocenters. The first-order valence-electron chi connectivity index (χ1n) is 4.99. The monoisotopic (exact) mass is 156 g/mol. The molecule has 0 aromatic rings. The van der Waals surface area contributed by atoms with Gasteiger partial charge in [-0.15, -0.1) is 0 Å². The molecule has 11 heavy (non-hydrogen) atoms. The summed E-state index contributed by atoms with van der Waals surface area (Å²) in [6.45, 7) is 4.00. The number of aliphatic hydroxyl groups is 1. The van der Waals surface area contributed by atoms with E-state index in [-0.39, 0.29) is 6.10 Å². The van der Waals surface area contributed by atoms with Gasteiger partial charge >= 0.3 is 0 Å². The first kappa shape index (κ1) is 9.05. The molecular weight excluding hydrogens is 136 g/mol. The third-order valence-corrected chi connectivity index (χ3v) is 3.00. The van der Waals surface area contributed by atoms with E-state index in [4.69, 9.17) is 5.11 Å². The van der Waals surface area contributed by atoms with Crippen molar-refractivity contribution < 1.29 is 5.11 Å². The molecule has 2 aliphatic rings. The van der Waals surface area contributed by atoms with Crippen LogP contribution in [0.25, 0.3) is 0 Å². The summed E-state index contributed by atoms with van der Waals surface area (Å²) < 4.78 is 0. The average Bonchev–Trinajstić information content (AvgIpc) is 2.40. The molecule has 1 spiro atoms. The number of rotatable bonds is 0. The highest BCUT2D eigenvalue weighted by Gasteiger charge is 2.44. The molecule has 0 saturated heterocycles. The fourth-order valence-corrected chi connectivity index (χ4v) is 2.47. The van der Waals surface area contributed by atoms with Gasteiger partial charge in [0, 0.05) is 0 Å². The molecule has 0 aromatic heterocycles. The van der Waals surface area contributed by atoms with Gasteiger partial charge in [-0.1, -0.05) is 26.7 Å². The highest BCUT2D eigenvalue weighted by atomic mass is 16.3. The summed E-state index contributed by atoms with van der Waals surface area (Å²) in [5, 5.41) is 9.07. The van der Waals surface area contributed by atoms with Crippen LogP contribution in [0.4, 0.5) is 0 Å². The van der Waals surface area contributed by atoms with E-state index in [9.17, 15) is 0 Å². The third kappa shape index (κ3) is 1.76. The average molecular weight is 156 g/mol. The highest BCUT2D eigenvalue weighted by molar-refractivity contribution is 4.96. The first-order chi connectivity index (χ1) is 5.31. The van der Waals surface area contributed by atoms with Crippen molar-refractivity contribution in [2.75, 3.05) is 0 Å². The van der Waals surface area contributed by atoms with Gasteiger partial charge in [0.1, 0.15) is 0 Å². The maximum atomic E-state index is 9.07. The SMILES string of the molecule is CC.OC1CC2(CCCC2)C1. The van der Waals surface area contributed by atoms with Crippen molar-refractivity contribution in [2.24, 2.45) is 5.41 Å². The van der Waals surface area contributed by atoms with Crippen LogP contribution in [-0.2, 0) is 0 Å². The lowest BCUT2D eigenvalue weighted by Crippen LogP contribution is -2.38. The predicted octanol–water partition coefficient (Wildman–Crippen LogP) is 2.73. The maximum absolute atomic E-state index is 9.07. The third-order valence-electron chi connectivity index (χ3n) is 3.00. The van der Waals surface area contributed by atoms with Crippen molar-refractivity contribution in [3.05, 3.63) is 0 Å². The summed E-state index contributed by atoms with van der Waals surface area (Å²) >= 11 is 0. The molecule has 0 aliphatic heterocycles. The van der Waals surface area contributed by atoms with Gasteiger partial charge in [-0.05, 0) is 31.1 Å². The molecule has 2 rings (SSSR count). The summed E-state index contributed by atoms with van der Waals surface area (Å²) in [7, 11) is 0. The molecule has 0 unspecified atom stereocenters. The molecule has 0 radical (unpaired) electrons. The summed E-state index contributed by atoms with van der Waals surface area (Å²) in [6, 6.07) is 0. The van der Waals surface area contributed by atoms with E-state index in [1.54, 1.807) is 0 Å². The molecule has 2 aliphatic carbocycles. The lowest BCUT2D eigenvalue weighted by molar-refractivity contribution is -0.0274. The zero-order valence-electron chi connectivity index (χ0n) is 7.77. The smallest absolute Gasteiger partial charge is 0.0550 e. The largest absolute Gasteiger partial charge is 0.393 e. The van der Waals surface area contributed by atoms with Gasteiger partial charge in [-0.3, -0.25) is 0 Å². The standard InChI is InChI=1S/C8H14O.C2H6/c9-7-5-8(6-7)3-1-2-4-8;1-2/h7,9H,1-6H2;1-2H3. The van der Waals surface area contributed by atoms with E-state index in [0.29, 0.717) is 5.41 Å². The second-order valence-corrected chi connectivity index (χ2v) is 3.77. The van der Waals surface area contributed by atoms with E-state index in [2.05, 4.69) is 0 Å². The Labute approximate surface area is 69.8 Å². The van der Waals surface area contributed by atoms with Crippen LogP contribution >= 0.6 is 0 Å². The quantitative estimate of drug-likeness (QED) is 0.571. The Morgan fingerprint density at radius 2 is 1.55 bits per heavy atom. The molecule has 0 aromatic carbocycles. The predicted molar refractivity (Wildman–Crippen MR) is 47.5 cm³/mol. The molecule has 1 nitrogen and oxygen atoms in total. The normalized spacial score (nSPS) is 27.5. The number of hydrogen-bond donors (Lipinski definition) is 1. The summed E-state index contributed by atoms with van der Waals surface area (Å²) in [6.07, 6.45) is 7.87. The van der Waals surface area contributed by atoms with Gasteiger partial charge in [-0.25, -0.2) is 0 Å². The van der Waals surface area contributed by atoms with E-state index in [1.165, 1.54) is 25.7 Å². The molecule has 1 N–H and O–H groups in total. The molecule has 2 saturated carbocycles. The number of aliphatic hydroxyl groups excluding tert-OH is 1. The Kier molecular flexibility index (Phi) is 2.94. The van der Waals surface area contributed by atoms with Crippen molar-refractivity contribution >= 4 is 0 Å². The van der Waals surface area contributed by atoms with E-state index in [1.807, 2.05) is 13.8 Å². The maximum Gasteiger partial charge on any atom is 0.0550 e. The van der Waals surface area contributed by atoms with Gasteiger partial charge in [-0.2, -0.15) is 0 Å². The van der Waals surface area contributed by atoms with Crippen LogP contribution in [0, 0.1) is 5.41 Å². The lowest BCUT2D eigenvalue weighted by atomic mass is 9.66. The van der Waals surface area contributed by atoms with Crippen LogP contribution in [0.1, 0.15) is 52.4 Å². The molecule has 0 bridgehead atoms. The Morgan fingerprint density at radius 1 is 1.09 bits per heavy atom. The van der Waals surface area contributed by atoms with E-state index < -0.39 is 0 Å². The van der Waals surface area contributed by atoms with E-state index >= 15 is 0 Å². The minimum Gasteiger partial charge on any atom is -0.393 e. The van der Waals surface area contributed by atoms with Gasteiger partial charge < -0.3 is 5.11 Å². The Morgan fingerprint density at radius 3 is 1.91 bits per heavy atom. The molecule has 2 fully saturated rings. The van der Waals surface area contributed by atoms with Crippen LogP contribution < -0.4 is 0 Å². The van der Waals surface area contributed by atoms with Crippen LogP contribution in [0.15, 0.2) is 0 Å². The van der Waals surface area contributed by atoms with Gasteiger partial charge in [0.15, 0.2) is 0 Å². The van der Waals surface area contributed by atoms with Crippen molar-refractivity contribution in [3.8, 4) is 0 Å². The molecular formula is C10H20O. The Bertz CT molecular complexity index is 106. The lowest BCUT2D eigenvalue weighted by Gasteiger charge is -2.42. The second-order valence-electron chi connectivity index (χ2n) is 3.77. The summed E-state index contributed by atoms with van der Waals surface area (Å²) in [5.74, 6) is 0. The van der Waals surface area contributed by atoms with Crippen molar-refractivity contribution in [1.82, 2.24) is 0 Å². The number of hydrogen-bond acceptors (Lipinski definition) is 1. The highest BCUT2D eigenvalue weighted by Crippen LogP contribution is 2.52. The summed E-state index contributed by atoms with van der Waals surface area (Å²) in [5.41, 5.74) is 0.638. The van der Waals surface area contributed by atoms with Crippen LogP contribution in [0.2, 0.25) is 0 Å². The van der Waals surface area contributed by atoms with Gasteiger partial charge in [0.2, 0.25) is 0 Å². The van der Waals surface area contributed by atoms with Crippen molar-refractivity contribution in [1.29, 1.82) is 0 Å². The second kappa shape index (κ2) is 3.57. The van der Waals surface area contributed by atoms with Crippen LogP contribution in [0.3, 0.4) is 0 Å². The zero-order chi connectivity index (χ0) is 8.32. The van der Waals surface area contributed by atoms with E-state index in [0.717, 1.165) is 12.8 Å². The van der Waals surface area contributed by atoms with Crippen molar-refractivity contribution in [3.63, 3.8) is 0 Å². The topological polar surface area (TPSA) is 20.2 Å². The molecule has 0 amide bonds. The zero-order valence-corrected chi connectivity index (χ0v) is 7.77. The van der Waals surface area contributed by atoms with Gasteiger partial charge in [0.05, 0.1) is 6.10 Å². The molecule has 66 valence electrons. The van der Waals surface area contributed by atoms with Crippen LogP contribution in [-0.4, -0.2) is 11.2 Å². The van der Waals surface area contributed by atoms with Crippen molar-refractivity contribution in [2.45, 2.75) is 58.5 Å².